The molecule has 0 saturated carbocycles. The van der Waals surface area contributed by atoms with E-state index in [-0.39, 0.29) is 18.5 Å². The molecule has 7 nitrogen and oxygen atoms in total. The summed E-state index contributed by atoms with van der Waals surface area (Å²) in [4.78, 5) is 24.2. The summed E-state index contributed by atoms with van der Waals surface area (Å²) in [6.07, 6.45) is 2.11. The largest absolute Gasteiger partial charge is 0.454 e. The van der Waals surface area contributed by atoms with Gasteiger partial charge in [0.15, 0.2) is 16.5 Å². The first-order valence-electron chi connectivity index (χ1n) is 11.2. The summed E-state index contributed by atoms with van der Waals surface area (Å²) in [7, 11) is 0. The molecule has 2 aliphatic rings. The number of ether oxygens (including phenoxy) is 2. The third-order valence-electron chi connectivity index (χ3n) is 6.31. The van der Waals surface area contributed by atoms with Gasteiger partial charge in [0.05, 0.1) is 11.4 Å². The maximum absolute atomic E-state index is 13.5. The van der Waals surface area contributed by atoms with Gasteiger partial charge < -0.3 is 14.4 Å². The van der Waals surface area contributed by atoms with Crippen molar-refractivity contribution in [3.8, 4) is 22.8 Å². The number of hydrogen-bond acceptors (Lipinski definition) is 6. The Labute approximate surface area is 200 Å². The molecular formula is C25H23FN4O3S. The van der Waals surface area contributed by atoms with E-state index < -0.39 is 0 Å². The van der Waals surface area contributed by atoms with Crippen LogP contribution in [0.15, 0.2) is 48.7 Å². The molecule has 9 heteroatoms. The zero-order chi connectivity index (χ0) is 23.2. The highest BCUT2D eigenvalue weighted by Crippen LogP contribution is 2.33. The number of fused-ring (bicyclic) bond motifs is 2. The van der Waals surface area contributed by atoms with E-state index in [1.165, 1.54) is 17.0 Å². The Bertz CT molecular complexity index is 1370. The predicted octanol–water partition coefficient (Wildman–Crippen LogP) is 4.20. The Morgan fingerprint density at radius 1 is 1.06 bits per heavy atom. The van der Waals surface area contributed by atoms with Gasteiger partial charge in [-0.1, -0.05) is 0 Å². The maximum atomic E-state index is 13.5. The minimum absolute atomic E-state index is 0.00477. The Morgan fingerprint density at radius 3 is 2.62 bits per heavy atom. The maximum Gasteiger partial charge on any atom is 0.254 e. The summed E-state index contributed by atoms with van der Waals surface area (Å²) in [5.41, 5.74) is 3.48. The molecule has 0 radical (unpaired) electrons. The van der Waals surface area contributed by atoms with Crippen LogP contribution in [0.25, 0.3) is 16.2 Å². The number of amides is 1. The average Bonchev–Trinajstić information content (AvgIpc) is 3.54. The zero-order valence-corrected chi connectivity index (χ0v) is 19.5. The van der Waals surface area contributed by atoms with E-state index in [9.17, 15) is 9.18 Å². The molecular weight excluding hydrogens is 455 g/mol. The number of rotatable bonds is 4. The number of carbonyl (C=O) groups excluding carboxylic acids is 1. The van der Waals surface area contributed by atoms with Crippen LogP contribution in [0, 0.1) is 12.7 Å². The second-order valence-corrected chi connectivity index (χ2v) is 9.76. The highest BCUT2D eigenvalue weighted by atomic mass is 32.1. The Morgan fingerprint density at radius 2 is 1.82 bits per heavy atom. The molecule has 1 saturated heterocycles. The van der Waals surface area contributed by atoms with Crippen molar-refractivity contribution in [1.29, 1.82) is 0 Å². The third-order valence-corrected chi connectivity index (χ3v) is 7.21. The van der Waals surface area contributed by atoms with Gasteiger partial charge >= 0.3 is 0 Å². The van der Waals surface area contributed by atoms with Gasteiger partial charge in [-0.15, -0.1) is 11.3 Å². The number of benzene rings is 2. The van der Waals surface area contributed by atoms with Gasteiger partial charge in [0, 0.05) is 54.9 Å². The number of piperazine rings is 1. The van der Waals surface area contributed by atoms with Crippen molar-refractivity contribution < 1.29 is 18.7 Å². The molecule has 0 N–H and O–H groups in total. The lowest BCUT2D eigenvalue weighted by Gasteiger charge is -2.34. The van der Waals surface area contributed by atoms with Crippen molar-refractivity contribution in [2.75, 3.05) is 33.0 Å². The van der Waals surface area contributed by atoms with Crippen molar-refractivity contribution in [2.45, 2.75) is 13.5 Å². The second-order valence-electron chi connectivity index (χ2n) is 8.54. The van der Waals surface area contributed by atoms with Gasteiger partial charge in [-0.05, 0) is 49.4 Å². The number of hydrogen-bond donors (Lipinski definition) is 0. The molecule has 2 aromatic carbocycles. The number of halogens is 1. The van der Waals surface area contributed by atoms with Gasteiger partial charge in [0.25, 0.3) is 5.91 Å². The summed E-state index contributed by atoms with van der Waals surface area (Å²) in [5.74, 6) is 1.04. The number of carbonyl (C=O) groups is 1. The quantitative estimate of drug-likeness (QED) is 0.440. The summed E-state index contributed by atoms with van der Waals surface area (Å²) < 4.78 is 26.4. The molecule has 1 amide bonds. The smallest absolute Gasteiger partial charge is 0.254 e. The van der Waals surface area contributed by atoms with E-state index in [0.29, 0.717) is 36.7 Å². The monoisotopic (exact) mass is 478 g/mol. The molecule has 2 aliphatic heterocycles. The summed E-state index contributed by atoms with van der Waals surface area (Å²) >= 11 is 1.64. The second kappa shape index (κ2) is 8.41. The Kier molecular flexibility index (Phi) is 5.23. The molecule has 2 aromatic heterocycles. The van der Waals surface area contributed by atoms with Crippen molar-refractivity contribution in [1.82, 2.24) is 19.2 Å². The van der Waals surface area contributed by atoms with Crippen LogP contribution >= 0.6 is 11.3 Å². The summed E-state index contributed by atoms with van der Waals surface area (Å²) in [6.45, 7) is 5.77. The number of nitrogens with zero attached hydrogens (tertiary/aromatic N) is 4. The number of aromatic nitrogens is 2. The van der Waals surface area contributed by atoms with E-state index in [1.54, 1.807) is 41.7 Å². The highest BCUT2D eigenvalue weighted by Gasteiger charge is 2.26. The topological polar surface area (TPSA) is 59.3 Å². The van der Waals surface area contributed by atoms with Gasteiger partial charge in [0.2, 0.25) is 6.79 Å². The van der Waals surface area contributed by atoms with Crippen molar-refractivity contribution in [2.24, 2.45) is 0 Å². The van der Waals surface area contributed by atoms with Crippen molar-refractivity contribution >= 4 is 22.2 Å². The molecule has 34 heavy (non-hydrogen) atoms. The first-order valence-corrected chi connectivity index (χ1v) is 12.0. The third kappa shape index (κ3) is 3.80. The molecule has 0 aliphatic carbocycles. The van der Waals surface area contributed by atoms with Crippen LogP contribution in [0.5, 0.6) is 11.5 Å². The van der Waals surface area contributed by atoms with Crippen LogP contribution in [0.3, 0.4) is 0 Å². The van der Waals surface area contributed by atoms with Gasteiger partial charge in [0.1, 0.15) is 5.82 Å². The Balaban J connectivity index is 1.19. The molecule has 0 bridgehead atoms. The van der Waals surface area contributed by atoms with Crippen LogP contribution in [-0.2, 0) is 6.54 Å². The first-order chi connectivity index (χ1) is 16.5. The average molecular weight is 479 g/mol. The number of imidazole rings is 1. The highest BCUT2D eigenvalue weighted by molar-refractivity contribution is 7.17. The van der Waals surface area contributed by atoms with E-state index >= 15 is 0 Å². The minimum atomic E-state index is -0.259. The molecule has 174 valence electrons. The molecule has 1 fully saturated rings. The molecule has 0 unspecified atom stereocenters. The fourth-order valence-electron chi connectivity index (χ4n) is 4.52. The van der Waals surface area contributed by atoms with E-state index in [1.807, 2.05) is 4.90 Å². The summed E-state index contributed by atoms with van der Waals surface area (Å²) in [6, 6.07) is 11.8. The van der Waals surface area contributed by atoms with Gasteiger partial charge in [-0.25, -0.2) is 9.37 Å². The fourth-order valence-corrected chi connectivity index (χ4v) is 5.37. The lowest BCUT2D eigenvalue weighted by molar-refractivity contribution is 0.0626. The first kappa shape index (κ1) is 21.1. The van der Waals surface area contributed by atoms with Crippen LogP contribution in [0.4, 0.5) is 4.39 Å². The van der Waals surface area contributed by atoms with Crippen molar-refractivity contribution in [3.63, 3.8) is 0 Å². The van der Waals surface area contributed by atoms with E-state index in [0.717, 1.165) is 35.0 Å². The van der Waals surface area contributed by atoms with Gasteiger partial charge in [-0.3, -0.25) is 14.1 Å². The van der Waals surface area contributed by atoms with Crippen LogP contribution in [-0.4, -0.2) is 58.1 Å². The van der Waals surface area contributed by atoms with Gasteiger partial charge in [-0.2, -0.15) is 0 Å². The molecule has 4 heterocycles. The molecule has 0 atom stereocenters. The normalized spacial score (nSPS) is 15.9. The fraction of sp³-hybridized carbons (Fsp3) is 0.280. The zero-order valence-electron chi connectivity index (χ0n) is 18.7. The van der Waals surface area contributed by atoms with Crippen LogP contribution in [0.2, 0.25) is 0 Å². The summed E-state index contributed by atoms with van der Waals surface area (Å²) in [5, 5.41) is 0. The minimum Gasteiger partial charge on any atom is -0.454 e. The van der Waals surface area contributed by atoms with E-state index in [2.05, 4.69) is 22.4 Å². The number of aryl methyl sites for hydroxylation is 1. The SMILES string of the molecule is Cc1cn2c(CN3CCN(C(=O)c4ccc5c(c4)OCO5)CC3)c(-c3ccc(F)cc3)nc2s1. The van der Waals surface area contributed by atoms with E-state index in [4.69, 9.17) is 14.5 Å². The standard InChI is InChI=1S/C25H23FN4O3S/c1-16-13-30-20(23(27-25(30)34-16)17-2-5-19(26)6-3-17)14-28-8-10-29(11-9-28)24(31)18-4-7-21-22(12-18)33-15-32-21/h2-7,12-13H,8-11,14-15H2,1H3. The lowest BCUT2D eigenvalue weighted by atomic mass is 10.1. The van der Waals surface area contributed by atoms with Crippen molar-refractivity contribution in [3.05, 3.63) is 70.6 Å². The Hall–Kier alpha value is -3.43. The predicted molar refractivity (Wildman–Crippen MR) is 127 cm³/mol. The molecule has 6 rings (SSSR count). The molecule has 0 spiro atoms. The van der Waals surface area contributed by atoms with Crippen LogP contribution < -0.4 is 9.47 Å². The molecule has 4 aromatic rings. The number of thiazole rings is 1. The van der Waals surface area contributed by atoms with Crippen LogP contribution in [0.1, 0.15) is 20.9 Å². The lowest BCUT2D eigenvalue weighted by Crippen LogP contribution is -2.48.